The molecule has 20 heavy (non-hydrogen) atoms. The van der Waals surface area contributed by atoms with Crippen LogP contribution in [0.1, 0.15) is 22.2 Å². The molecule has 1 unspecified atom stereocenters. The largest absolute Gasteiger partial charge is 0.497 e. The van der Waals surface area contributed by atoms with Gasteiger partial charge in [0, 0.05) is 23.9 Å². The lowest BCUT2D eigenvalue weighted by molar-refractivity contribution is 0.398. The highest BCUT2D eigenvalue weighted by Gasteiger charge is 2.16. The standard InChI is InChI=1S/C16H18ClNO2/c1-11-5-4-8-18-15(11)10-14(17)13-9-12(19-2)6-7-16(13)20-3/h4-9,14H,10H2,1-3H3. The molecule has 0 bridgehead atoms. The summed E-state index contributed by atoms with van der Waals surface area (Å²) in [5, 5.41) is -0.214. The molecule has 0 N–H and O–H groups in total. The summed E-state index contributed by atoms with van der Waals surface area (Å²) in [4.78, 5) is 4.39. The SMILES string of the molecule is COc1ccc(OC)c(C(Cl)Cc2ncccc2C)c1. The van der Waals surface area contributed by atoms with Gasteiger partial charge in [-0.25, -0.2) is 0 Å². The van der Waals surface area contributed by atoms with Gasteiger partial charge >= 0.3 is 0 Å². The van der Waals surface area contributed by atoms with Gasteiger partial charge in [0.25, 0.3) is 0 Å². The molecule has 0 amide bonds. The van der Waals surface area contributed by atoms with Crippen LogP contribution in [0.25, 0.3) is 0 Å². The predicted molar refractivity (Wildman–Crippen MR) is 80.8 cm³/mol. The van der Waals surface area contributed by atoms with Crippen LogP contribution in [0.4, 0.5) is 0 Å². The lowest BCUT2D eigenvalue weighted by atomic mass is 10.0. The summed E-state index contributed by atoms with van der Waals surface area (Å²) in [7, 11) is 3.28. The van der Waals surface area contributed by atoms with Gasteiger partial charge in [-0.15, -0.1) is 11.6 Å². The molecule has 0 aliphatic rings. The Morgan fingerprint density at radius 2 is 2.00 bits per heavy atom. The zero-order valence-corrected chi connectivity index (χ0v) is 12.6. The summed E-state index contributed by atoms with van der Waals surface area (Å²) in [6.07, 6.45) is 2.44. The predicted octanol–water partition coefficient (Wildman–Crippen LogP) is 3.93. The van der Waals surface area contributed by atoms with E-state index in [9.17, 15) is 0 Å². The number of hydrogen-bond donors (Lipinski definition) is 0. The molecule has 0 spiro atoms. The minimum atomic E-state index is -0.214. The summed E-state index contributed by atoms with van der Waals surface area (Å²) in [5.41, 5.74) is 3.05. The third-order valence-corrected chi connectivity index (χ3v) is 3.65. The highest BCUT2D eigenvalue weighted by atomic mass is 35.5. The van der Waals surface area contributed by atoms with E-state index in [1.165, 1.54) is 0 Å². The second-order valence-electron chi connectivity index (χ2n) is 4.55. The van der Waals surface area contributed by atoms with Crippen molar-refractivity contribution >= 4 is 11.6 Å². The number of ether oxygens (including phenoxy) is 2. The van der Waals surface area contributed by atoms with Gasteiger partial charge in [0.05, 0.1) is 19.6 Å². The van der Waals surface area contributed by atoms with Crippen molar-refractivity contribution in [3.05, 3.63) is 53.3 Å². The number of rotatable bonds is 5. The summed E-state index contributed by atoms with van der Waals surface area (Å²) in [5.74, 6) is 1.53. The quantitative estimate of drug-likeness (QED) is 0.782. The molecular formula is C16H18ClNO2. The normalized spacial score (nSPS) is 12.0. The van der Waals surface area contributed by atoms with E-state index in [1.54, 1.807) is 20.4 Å². The number of aryl methyl sites for hydroxylation is 1. The molecule has 2 rings (SSSR count). The number of benzene rings is 1. The fourth-order valence-corrected chi connectivity index (χ4v) is 2.41. The van der Waals surface area contributed by atoms with Crippen LogP contribution in [0.3, 0.4) is 0 Å². The number of aromatic nitrogens is 1. The highest BCUT2D eigenvalue weighted by Crippen LogP contribution is 2.35. The number of hydrogen-bond acceptors (Lipinski definition) is 3. The van der Waals surface area contributed by atoms with Crippen molar-refractivity contribution in [3.63, 3.8) is 0 Å². The van der Waals surface area contributed by atoms with E-state index >= 15 is 0 Å². The van der Waals surface area contributed by atoms with E-state index in [-0.39, 0.29) is 5.38 Å². The fraction of sp³-hybridized carbons (Fsp3) is 0.312. The lowest BCUT2D eigenvalue weighted by Gasteiger charge is -2.15. The van der Waals surface area contributed by atoms with Crippen LogP contribution in [0.2, 0.25) is 0 Å². The van der Waals surface area contributed by atoms with E-state index in [4.69, 9.17) is 21.1 Å². The third-order valence-electron chi connectivity index (χ3n) is 3.26. The minimum Gasteiger partial charge on any atom is -0.497 e. The van der Waals surface area contributed by atoms with Gasteiger partial charge in [0.2, 0.25) is 0 Å². The van der Waals surface area contributed by atoms with Crippen LogP contribution >= 0.6 is 11.6 Å². The molecule has 0 aliphatic heterocycles. The molecule has 0 saturated heterocycles. The van der Waals surface area contributed by atoms with Crippen LogP contribution in [-0.4, -0.2) is 19.2 Å². The maximum Gasteiger partial charge on any atom is 0.123 e. The summed E-state index contributed by atoms with van der Waals surface area (Å²) < 4.78 is 10.6. The Labute approximate surface area is 124 Å². The van der Waals surface area contributed by atoms with E-state index in [2.05, 4.69) is 4.98 Å². The van der Waals surface area contributed by atoms with Gasteiger partial charge in [0.1, 0.15) is 11.5 Å². The Morgan fingerprint density at radius 3 is 2.65 bits per heavy atom. The van der Waals surface area contributed by atoms with Crippen molar-refractivity contribution in [2.45, 2.75) is 18.7 Å². The first-order chi connectivity index (χ1) is 9.65. The van der Waals surface area contributed by atoms with Crippen molar-refractivity contribution < 1.29 is 9.47 Å². The van der Waals surface area contributed by atoms with Gasteiger partial charge in [0.15, 0.2) is 0 Å². The van der Waals surface area contributed by atoms with Crippen LogP contribution in [0.5, 0.6) is 11.5 Å². The molecule has 106 valence electrons. The van der Waals surface area contributed by atoms with Crippen LogP contribution in [-0.2, 0) is 6.42 Å². The first-order valence-electron chi connectivity index (χ1n) is 6.42. The second-order valence-corrected chi connectivity index (χ2v) is 5.07. The number of methoxy groups -OCH3 is 2. The Balaban J connectivity index is 2.28. The van der Waals surface area contributed by atoms with Crippen molar-refractivity contribution in [1.82, 2.24) is 4.98 Å². The van der Waals surface area contributed by atoms with Crippen molar-refractivity contribution in [2.24, 2.45) is 0 Å². The lowest BCUT2D eigenvalue weighted by Crippen LogP contribution is -2.03. The van der Waals surface area contributed by atoms with E-state index in [0.29, 0.717) is 6.42 Å². The molecule has 1 aromatic carbocycles. The summed E-state index contributed by atoms with van der Waals surface area (Å²) >= 11 is 6.55. The Kier molecular flexibility index (Phi) is 4.85. The first-order valence-corrected chi connectivity index (χ1v) is 6.86. The maximum absolute atomic E-state index is 6.55. The van der Waals surface area contributed by atoms with Gasteiger partial charge in [-0.05, 0) is 36.8 Å². The summed E-state index contributed by atoms with van der Waals surface area (Å²) in [6.45, 7) is 2.04. The number of halogens is 1. The molecule has 2 aromatic rings. The molecule has 1 atom stereocenters. The van der Waals surface area contributed by atoms with E-state index in [0.717, 1.165) is 28.3 Å². The topological polar surface area (TPSA) is 31.4 Å². The minimum absolute atomic E-state index is 0.214. The van der Waals surface area contributed by atoms with Crippen LogP contribution in [0.15, 0.2) is 36.5 Å². The smallest absolute Gasteiger partial charge is 0.123 e. The Morgan fingerprint density at radius 1 is 1.20 bits per heavy atom. The molecule has 3 nitrogen and oxygen atoms in total. The van der Waals surface area contributed by atoms with Crippen LogP contribution in [0, 0.1) is 6.92 Å². The van der Waals surface area contributed by atoms with Crippen LogP contribution < -0.4 is 9.47 Å². The average molecular weight is 292 g/mol. The molecule has 0 saturated carbocycles. The number of pyridine rings is 1. The van der Waals surface area contributed by atoms with Gasteiger partial charge in [-0.2, -0.15) is 0 Å². The zero-order valence-electron chi connectivity index (χ0n) is 11.9. The van der Waals surface area contributed by atoms with Crippen molar-refractivity contribution in [3.8, 4) is 11.5 Å². The first kappa shape index (κ1) is 14.7. The van der Waals surface area contributed by atoms with E-state index in [1.807, 2.05) is 37.3 Å². The molecule has 0 fully saturated rings. The third kappa shape index (κ3) is 3.23. The second kappa shape index (κ2) is 6.62. The van der Waals surface area contributed by atoms with Gasteiger partial charge in [-0.3, -0.25) is 4.98 Å². The molecule has 1 heterocycles. The number of alkyl halides is 1. The fourth-order valence-electron chi connectivity index (χ4n) is 2.10. The molecule has 4 heteroatoms. The van der Waals surface area contributed by atoms with Crippen molar-refractivity contribution in [1.29, 1.82) is 0 Å². The van der Waals surface area contributed by atoms with E-state index < -0.39 is 0 Å². The van der Waals surface area contributed by atoms with Gasteiger partial charge in [-0.1, -0.05) is 6.07 Å². The Hall–Kier alpha value is -1.74. The number of nitrogens with zero attached hydrogens (tertiary/aromatic N) is 1. The van der Waals surface area contributed by atoms with Gasteiger partial charge < -0.3 is 9.47 Å². The zero-order chi connectivity index (χ0) is 14.5. The monoisotopic (exact) mass is 291 g/mol. The maximum atomic E-state index is 6.55. The Bertz CT molecular complexity index is 586. The molecular weight excluding hydrogens is 274 g/mol. The van der Waals surface area contributed by atoms with Crippen molar-refractivity contribution in [2.75, 3.05) is 14.2 Å². The summed E-state index contributed by atoms with van der Waals surface area (Å²) in [6, 6.07) is 9.60. The molecule has 1 aromatic heterocycles. The molecule has 0 radical (unpaired) electrons. The highest BCUT2D eigenvalue weighted by molar-refractivity contribution is 6.21. The average Bonchev–Trinajstić information content (AvgIpc) is 2.48. The molecule has 0 aliphatic carbocycles.